The third kappa shape index (κ3) is 2.70. The fourth-order valence-corrected chi connectivity index (χ4v) is 3.78. The molecular weight excluding hydrogens is 350 g/mol. The van der Waals surface area contributed by atoms with Crippen LogP contribution in [0.2, 0.25) is 10.0 Å². The molecule has 1 aliphatic rings. The number of nitrogens with one attached hydrogen (secondary N) is 1. The second-order valence-corrected chi connectivity index (χ2v) is 6.91. The van der Waals surface area contributed by atoms with Crippen molar-refractivity contribution in [3.8, 4) is 0 Å². The van der Waals surface area contributed by atoms with Gasteiger partial charge in [0.2, 0.25) is 0 Å². The molecule has 124 valence electrons. The average Bonchev–Trinajstić information content (AvgIpc) is 2.92. The molecule has 1 unspecified atom stereocenters. The fraction of sp³-hybridized carbons (Fsp3) is 0.222. The molecule has 1 atom stereocenters. The normalized spacial score (nSPS) is 16.3. The highest BCUT2D eigenvalue weighted by atomic mass is 35.5. The first-order valence-electron chi connectivity index (χ1n) is 7.69. The van der Waals surface area contributed by atoms with Crippen molar-refractivity contribution in [1.29, 1.82) is 0 Å². The number of aromatic amines is 1. The van der Waals surface area contributed by atoms with Crippen molar-refractivity contribution in [2.75, 3.05) is 6.54 Å². The van der Waals surface area contributed by atoms with Crippen LogP contribution in [0, 0.1) is 5.82 Å². The predicted molar refractivity (Wildman–Crippen MR) is 93.8 cm³/mol. The Morgan fingerprint density at radius 1 is 1.17 bits per heavy atom. The van der Waals surface area contributed by atoms with Crippen LogP contribution < -0.4 is 0 Å². The Bertz CT molecular complexity index is 925. The first-order valence-corrected chi connectivity index (χ1v) is 8.44. The van der Waals surface area contributed by atoms with Crippen LogP contribution in [0.25, 0.3) is 10.9 Å². The molecule has 0 saturated heterocycles. The van der Waals surface area contributed by atoms with E-state index in [1.54, 1.807) is 18.2 Å². The van der Waals surface area contributed by atoms with Gasteiger partial charge in [-0.1, -0.05) is 35.3 Å². The molecule has 1 aliphatic heterocycles. The van der Waals surface area contributed by atoms with Gasteiger partial charge >= 0.3 is 0 Å². The van der Waals surface area contributed by atoms with E-state index in [4.69, 9.17) is 23.2 Å². The van der Waals surface area contributed by atoms with Crippen molar-refractivity contribution >= 4 is 34.1 Å². The summed E-state index contributed by atoms with van der Waals surface area (Å²) in [4.78, 5) is 5.08. The molecule has 0 bridgehead atoms. The Labute approximate surface area is 148 Å². The van der Waals surface area contributed by atoms with Crippen LogP contribution in [0.15, 0.2) is 36.4 Å². The summed E-state index contributed by atoms with van der Waals surface area (Å²) in [6.45, 7) is 1.18. The van der Waals surface area contributed by atoms with Crippen LogP contribution in [0.4, 0.5) is 4.39 Å². The summed E-state index contributed by atoms with van der Waals surface area (Å²) in [6, 6.07) is 10.3. The molecule has 0 fully saturated rings. The minimum Gasteiger partial charge on any atom is -0.374 e. The third-order valence-electron chi connectivity index (χ3n) is 4.52. The van der Waals surface area contributed by atoms with E-state index in [0.29, 0.717) is 35.1 Å². The summed E-state index contributed by atoms with van der Waals surface area (Å²) in [6.07, 6.45) is -0.0380. The molecule has 2 heterocycles. The van der Waals surface area contributed by atoms with E-state index in [1.807, 2.05) is 17.0 Å². The summed E-state index contributed by atoms with van der Waals surface area (Å²) in [7, 11) is 0. The highest BCUT2D eigenvalue weighted by Gasteiger charge is 2.26. The van der Waals surface area contributed by atoms with E-state index in [-0.39, 0.29) is 5.82 Å². The van der Waals surface area contributed by atoms with Crippen molar-refractivity contribution in [3.63, 3.8) is 0 Å². The number of aliphatic hydroxyl groups is 1. The van der Waals surface area contributed by atoms with Gasteiger partial charge in [0.15, 0.2) is 0 Å². The van der Waals surface area contributed by atoms with Gasteiger partial charge in [0.05, 0.1) is 5.52 Å². The van der Waals surface area contributed by atoms with Crippen LogP contribution in [0.5, 0.6) is 0 Å². The second-order valence-electron chi connectivity index (χ2n) is 6.04. The molecule has 24 heavy (non-hydrogen) atoms. The number of hydrogen-bond acceptors (Lipinski definition) is 2. The van der Waals surface area contributed by atoms with Crippen molar-refractivity contribution < 1.29 is 9.50 Å². The summed E-state index contributed by atoms with van der Waals surface area (Å²) >= 11 is 12.0. The largest absolute Gasteiger partial charge is 0.374 e. The molecule has 0 radical (unpaired) electrons. The number of halogens is 3. The molecular formula is C18H15Cl2FN2O. The first-order chi connectivity index (χ1) is 11.5. The van der Waals surface area contributed by atoms with E-state index >= 15 is 0 Å². The summed E-state index contributed by atoms with van der Waals surface area (Å²) < 4.78 is 14.1. The Morgan fingerprint density at radius 2 is 2.00 bits per heavy atom. The van der Waals surface area contributed by atoms with Gasteiger partial charge in [0, 0.05) is 34.2 Å². The quantitative estimate of drug-likeness (QED) is 0.693. The van der Waals surface area contributed by atoms with E-state index in [9.17, 15) is 9.50 Å². The van der Waals surface area contributed by atoms with Crippen LogP contribution in [-0.4, -0.2) is 21.5 Å². The zero-order valence-electron chi connectivity index (χ0n) is 12.7. The minimum atomic E-state index is -0.753. The van der Waals surface area contributed by atoms with E-state index in [2.05, 4.69) is 4.98 Å². The third-order valence-corrected chi connectivity index (χ3v) is 4.98. The summed E-state index contributed by atoms with van der Waals surface area (Å²) in [5.74, 6) is -0.353. The Kier molecular flexibility index (Phi) is 4.01. The lowest BCUT2D eigenvalue weighted by Gasteiger charge is -2.31. The van der Waals surface area contributed by atoms with E-state index in [0.717, 1.165) is 22.2 Å². The van der Waals surface area contributed by atoms with Gasteiger partial charge in [-0.3, -0.25) is 4.90 Å². The average molecular weight is 365 g/mol. The number of hydrogen-bond donors (Lipinski definition) is 2. The summed E-state index contributed by atoms with van der Waals surface area (Å²) in [5.41, 5.74) is 3.21. The maximum atomic E-state index is 14.1. The molecule has 0 aliphatic carbocycles. The highest BCUT2D eigenvalue weighted by Crippen LogP contribution is 2.33. The molecule has 4 rings (SSSR count). The number of aromatic nitrogens is 1. The lowest BCUT2D eigenvalue weighted by molar-refractivity contribution is -0.00837. The van der Waals surface area contributed by atoms with Gasteiger partial charge in [-0.25, -0.2) is 4.39 Å². The molecule has 6 heteroatoms. The number of nitrogens with zero attached hydrogens (tertiary/aromatic N) is 1. The molecule has 3 nitrogen and oxygen atoms in total. The van der Waals surface area contributed by atoms with Crippen LogP contribution in [0.1, 0.15) is 23.0 Å². The smallest absolute Gasteiger partial charge is 0.148 e. The maximum absolute atomic E-state index is 14.1. The predicted octanol–water partition coefficient (Wildman–Crippen LogP) is 4.66. The Morgan fingerprint density at radius 3 is 2.79 bits per heavy atom. The lowest BCUT2D eigenvalue weighted by Crippen LogP contribution is -2.34. The molecule has 0 spiro atoms. The zero-order valence-corrected chi connectivity index (χ0v) is 14.2. The van der Waals surface area contributed by atoms with Gasteiger partial charge in [0.25, 0.3) is 0 Å². The highest BCUT2D eigenvalue weighted by molar-refractivity contribution is 6.31. The van der Waals surface area contributed by atoms with Gasteiger partial charge in [-0.15, -0.1) is 0 Å². The van der Waals surface area contributed by atoms with Crippen molar-refractivity contribution in [1.82, 2.24) is 9.88 Å². The van der Waals surface area contributed by atoms with E-state index < -0.39 is 6.23 Å². The number of H-pyrrole nitrogens is 1. The first kappa shape index (κ1) is 15.9. The lowest BCUT2D eigenvalue weighted by atomic mass is 10.0. The molecule has 0 amide bonds. The number of fused-ring (bicyclic) bond motifs is 3. The topological polar surface area (TPSA) is 39.3 Å². The van der Waals surface area contributed by atoms with Crippen molar-refractivity contribution in [2.24, 2.45) is 0 Å². The number of benzene rings is 2. The molecule has 2 aromatic carbocycles. The monoisotopic (exact) mass is 364 g/mol. The van der Waals surface area contributed by atoms with Gasteiger partial charge in [-0.2, -0.15) is 0 Å². The summed E-state index contributed by atoms with van der Waals surface area (Å²) in [5, 5.41) is 12.4. The minimum absolute atomic E-state index is 0.353. The standard InChI is InChI=1S/C18H15Cl2FN2O/c19-11-3-1-2-10(6-11)18(24)23-5-4-13-14-7-12(20)8-15(21)17(14)22-16(13)9-23/h1-3,6-8,18,22,24H,4-5,9H2. The van der Waals surface area contributed by atoms with Crippen LogP contribution in [0.3, 0.4) is 0 Å². The zero-order chi connectivity index (χ0) is 16.8. The van der Waals surface area contributed by atoms with Crippen LogP contribution >= 0.6 is 23.2 Å². The Balaban J connectivity index is 1.68. The number of aliphatic hydroxyl groups excluding tert-OH is 1. The van der Waals surface area contributed by atoms with Crippen molar-refractivity contribution in [3.05, 3.63) is 69.1 Å². The van der Waals surface area contributed by atoms with Gasteiger partial charge < -0.3 is 10.1 Å². The maximum Gasteiger partial charge on any atom is 0.148 e. The molecule has 1 aromatic heterocycles. The molecule has 3 aromatic rings. The van der Waals surface area contributed by atoms with Crippen molar-refractivity contribution in [2.45, 2.75) is 19.2 Å². The molecule has 2 N–H and O–H groups in total. The van der Waals surface area contributed by atoms with Crippen LogP contribution in [-0.2, 0) is 13.0 Å². The second kappa shape index (κ2) is 6.05. The van der Waals surface area contributed by atoms with Gasteiger partial charge in [-0.05, 0) is 41.8 Å². The molecule has 0 saturated carbocycles. The van der Waals surface area contributed by atoms with E-state index in [1.165, 1.54) is 6.07 Å². The Hall–Kier alpha value is -1.59. The fourth-order valence-electron chi connectivity index (χ4n) is 3.37. The SMILES string of the molecule is OC(c1cccc(Cl)c1)N1CCc2c([nH]c3c(F)cc(Cl)cc23)C1. The van der Waals surface area contributed by atoms with Gasteiger partial charge in [0.1, 0.15) is 12.0 Å². The number of rotatable bonds is 2.